The Morgan fingerprint density at radius 3 is 1.21 bits per heavy atom. The highest BCUT2D eigenvalue weighted by molar-refractivity contribution is 6.54. The third-order valence-electron chi connectivity index (χ3n) is 8.60. The number of hydrogen-bond donors (Lipinski definition) is 0. The van der Waals surface area contributed by atoms with Gasteiger partial charge in [-0.05, 0) is 0 Å². The Labute approximate surface area is 234 Å². The molecule has 2 heterocycles. The third kappa shape index (κ3) is 1.95. The van der Waals surface area contributed by atoms with Crippen molar-refractivity contribution in [2.45, 2.75) is 31.1 Å². The zero-order valence-corrected chi connectivity index (χ0v) is 22.9. The molecule has 2 saturated carbocycles. The summed E-state index contributed by atoms with van der Waals surface area (Å²) in [6.45, 7) is 0.833. The van der Waals surface area contributed by atoms with Crippen LogP contribution >= 0.6 is 92.8 Å². The normalized spacial score (nSPS) is 53.6. The van der Waals surface area contributed by atoms with E-state index < -0.39 is 54.7 Å². The number of hydrogen-bond acceptors (Lipinski definition) is 5. The van der Waals surface area contributed by atoms with Crippen molar-refractivity contribution in [3.63, 3.8) is 0 Å². The summed E-state index contributed by atoms with van der Waals surface area (Å²) in [5.74, 6) is -7.20. The maximum atomic E-state index is 14.6. The van der Waals surface area contributed by atoms with E-state index in [9.17, 15) is 4.79 Å². The van der Waals surface area contributed by atoms with Gasteiger partial charge in [0.15, 0.2) is 0 Å². The van der Waals surface area contributed by atoms with Crippen LogP contribution in [0.15, 0.2) is 32.3 Å². The topological polar surface area (TPSA) is 54.0 Å². The lowest BCUT2D eigenvalue weighted by atomic mass is 9.72. The van der Waals surface area contributed by atoms with E-state index >= 15 is 0 Å². The number of carbonyl (C=O) groups is 1. The first-order chi connectivity index (χ1) is 15.9. The molecule has 0 unspecified atom stereocenters. The number of ketones is 1. The van der Waals surface area contributed by atoms with Gasteiger partial charge in [0.1, 0.15) is 25.3 Å². The predicted octanol–water partition coefficient (Wildman–Crippen LogP) is 5.42. The van der Waals surface area contributed by atoms with Crippen LogP contribution in [0, 0.1) is 23.7 Å². The number of halogens is 8. The molecular formula is C21H14Cl8O5. The zero-order valence-electron chi connectivity index (χ0n) is 16.9. The fourth-order valence-corrected chi connectivity index (χ4v) is 11.6. The van der Waals surface area contributed by atoms with Gasteiger partial charge in [-0.1, -0.05) is 58.6 Å². The maximum absolute atomic E-state index is 14.6. The van der Waals surface area contributed by atoms with Gasteiger partial charge >= 0.3 is 0 Å². The molecule has 4 fully saturated rings. The minimum absolute atomic E-state index is 0.00398. The summed E-state index contributed by atoms with van der Waals surface area (Å²) >= 11 is 55.6. The van der Waals surface area contributed by atoms with Gasteiger partial charge in [-0.25, -0.2) is 0 Å². The van der Waals surface area contributed by atoms with Crippen LogP contribution in [0.2, 0.25) is 0 Å². The van der Waals surface area contributed by atoms with Crippen molar-refractivity contribution < 1.29 is 23.7 Å². The molecule has 0 N–H and O–H groups in total. The molecule has 34 heavy (non-hydrogen) atoms. The molecule has 0 radical (unpaired) electrons. The molecule has 8 atom stereocenters. The maximum Gasteiger partial charge on any atom is 0.219 e. The van der Waals surface area contributed by atoms with Gasteiger partial charge in [-0.3, -0.25) is 4.79 Å². The average Bonchev–Trinajstić information content (AvgIpc) is 3.58. The van der Waals surface area contributed by atoms with Gasteiger partial charge < -0.3 is 18.9 Å². The number of allylic oxidation sites excluding steroid dienone is 2. The van der Waals surface area contributed by atoms with Gasteiger partial charge in [0, 0.05) is 11.8 Å². The van der Waals surface area contributed by atoms with E-state index in [1.807, 2.05) is 0 Å². The van der Waals surface area contributed by atoms with Crippen LogP contribution in [0.4, 0.5) is 0 Å². The second kappa shape index (κ2) is 6.78. The summed E-state index contributed by atoms with van der Waals surface area (Å²) < 4.78 is 24.1. The molecule has 5 nitrogen and oxygen atoms in total. The number of carbonyl (C=O) groups excluding carboxylic acids is 1. The van der Waals surface area contributed by atoms with Crippen LogP contribution in [0.1, 0.15) is 0 Å². The Balaban J connectivity index is 1.48. The Hall–Kier alpha value is 1.05. The Kier molecular flexibility index (Phi) is 4.81. The van der Waals surface area contributed by atoms with E-state index in [0.29, 0.717) is 0 Å². The quantitative estimate of drug-likeness (QED) is 0.265. The first-order valence-corrected chi connectivity index (χ1v) is 13.6. The first kappa shape index (κ1) is 24.1. The van der Waals surface area contributed by atoms with Crippen molar-refractivity contribution in [3.8, 4) is 0 Å². The van der Waals surface area contributed by atoms with Gasteiger partial charge in [-0.2, -0.15) is 0 Å². The van der Waals surface area contributed by atoms with Crippen LogP contribution in [-0.4, -0.2) is 63.3 Å². The molecule has 13 heteroatoms. The van der Waals surface area contributed by atoms with Crippen LogP contribution < -0.4 is 0 Å². The Bertz CT molecular complexity index is 1070. The minimum atomic E-state index is -1.70. The van der Waals surface area contributed by atoms with Crippen molar-refractivity contribution in [1.29, 1.82) is 0 Å². The average molecular weight is 630 g/mol. The smallest absolute Gasteiger partial charge is 0.219 e. The van der Waals surface area contributed by atoms with Gasteiger partial charge in [0.2, 0.25) is 11.6 Å². The van der Waals surface area contributed by atoms with Crippen molar-refractivity contribution in [1.82, 2.24) is 0 Å². The highest BCUT2D eigenvalue weighted by atomic mass is 35.5. The SMILES string of the molecule is O=C1[C@@H]2[C@@H](C=C[C@@H]3[C@H]1[C@]1(Cl)C(Cl)=C(Cl)[C@]3(Cl)C13OCCO3)[C@]1(Cl)C(Cl)=C(Cl)[C@]2(Cl)C12OCCO2. The van der Waals surface area contributed by atoms with Crippen LogP contribution in [0.25, 0.3) is 0 Å². The molecular weight excluding hydrogens is 616 g/mol. The van der Waals surface area contributed by atoms with Crippen molar-refractivity contribution >= 4 is 98.6 Å². The number of alkyl halides is 4. The molecule has 7 aliphatic rings. The van der Waals surface area contributed by atoms with E-state index in [2.05, 4.69) is 0 Å². The minimum Gasteiger partial charge on any atom is -0.344 e. The second-order valence-electron chi connectivity index (χ2n) is 9.52. The third-order valence-corrected chi connectivity index (χ3v) is 13.9. The van der Waals surface area contributed by atoms with E-state index in [1.165, 1.54) is 0 Å². The summed E-state index contributed by atoms with van der Waals surface area (Å²) in [7, 11) is 0. The second-order valence-corrected chi connectivity index (χ2v) is 13.4. The largest absolute Gasteiger partial charge is 0.344 e. The van der Waals surface area contributed by atoms with E-state index in [1.54, 1.807) is 12.2 Å². The molecule has 184 valence electrons. The number of rotatable bonds is 0. The van der Waals surface area contributed by atoms with Gasteiger partial charge in [-0.15, -0.1) is 46.4 Å². The Morgan fingerprint density at radius 1 is 0.588 bits per heavy atom. The van der Waals surface area contributed by atoms with E-state index in [-0.39, 0.29) is 52.3 Å². The predicted molar refractivity (Wildman–Crippen MR) is 129 cm³/mol. The lowest BCUT2D eigenvalue weighted by Gasteiger charge is -2.41. The van der Waals surface area contributed by atoms with Crippen LogP contribution in [0.3, 0.4) is 0 Å². The molecule has 0 amide bonds. The summed E-state index contributed by atoms with van der Waals surface area (Å²) in [4.78, 5) is 8.07. The van der Waals surface area contributed by atoms with E-state index in [4.69, 9.17) is 112 Å². The summed E-state index contributed by atoms with van der Waals surface area (Å²) in [6.07, 6.45) is 3.52. The molecule has 0 aromatic heterocycles. The zero-order chi connectivity index (χ0) is 24.3. The first-order valence-electron chi connectivity index (χ1n) is 10.6. The highest BCUT2D eigenvalue weighted by Crippen LogP contribution is 2.80. The molecule has 7 rings (SSSR count). The molecule has 0 aromatic rings. The summed E-state index contributed by atoms with van der Waals surface area (Å²) in [6, 6.07) is 0. The fourth-order valence-electron chi connectivity index (χ4n) is 7.45. The lowest BCUT2D eigenvalue weighted by Crippen LogP contribution is -2.58. The number of fused-ring (bicyclic) bond motifs is 6. The molecule has 5 aliphatic carbocycles. The number of ether oxygens (including phenoxy) is 4. The van der Waals surface area contributed by atoms with Crippen LogP contribution in [0.5, 0.6) is 0 Å². The number of Topliss-reactive ketones (excluding diaryl/α,β-unsaturated/α-hetero) is 1. The van der Waals surface area contributed by atoms with E-state index in [0.717, 1.165) is 0 Å². The monoisotopic (exact) mass is 626 g/mol. The summed E-state index contributed by atoms with van der Waals surface area (Å²) in [5.41, 5.74) is 0. The fraction of sp³-hybridized carbons (Fsp3) is 0.667. The molecule has 2 spiro atoms. The molecule has 2 aliphatic heterocycles. The lowest BCUT2D eigenvalue weighted by molar-refractivity contribution is -0.176. The molecule has 2 saturated heterocycles. The Morgan fingerprint density at radius 2 is 0.882 bits per heavy atom. The summed E-state index contributed by atoms with van der Waals surface area (Å²) in [5, 5.41) is 0.167. The van der Waals surface area contributed by atoms with Crippen molar-refractivity contribution in [3.05, 3.63) is 32.3 Å². The van der Waals surface area contributed by atoms with Gasteiger partial charge in [0.25, 0.3) is 0 Å². The molecule has 4 bridgehead atoms. The highest BCUT2D eigenvalue weighted by Gasteiger charge is 2.91. The standard InChI is InChI=1S/C21H14Cl8O5/c22-12-14(24)18(28)9-7(16(12,26)20(18)31-3-4-32-20)1-2-8-10(11(9)30)19(29)15(25)13(23)17(8,27)21(19)33-5-6-34-21/h1-2,7-10H,3-6H2/t7-,8-,9-,10+,16+,17+,18+,19+/m1/s1. The molecule has 0 aromatic carbocycles. The van der Waals surface area contributed by atoms with Gasteiger partial charge in [0.05, 0.1) is 58.4 Å². The van der Waals surface area contributed by atoms with Crippen LogP contribution in [-0.2, 0) is 23.7 Å². The van der Waals surface area contributed by atoms with Crippen molar-refractivity contribution in [2.24, 2.45) is 23.7 Å². The van der Waals surface area contributed by atoms with Crippen molar-refractivity contribution in [2.75, 3.05) is 26.4 Å².